The summed E-state index contributed by atoms with van der Waals surface area (Å²) in [6.07, 6.45) is 2.14. The van der Waals surface area contributed by atoms with Crippen molar-refractivity contribution < 1.29 is 18.0 Å². The molecule has 3 aromatic rings. The number of H-pyrrole nitrogens is 1. The normalized spacial score (nSPS) is 15.4. The molecule has 1 fully saturated rings. The molecule has 1 N–H and O–H groups in total. The Morgan fingerprint density at radius 1 is 0.967 bits per heavy atom. The maximum Gasteiger partial charge on any atom is 0.243 e. The number of carbonyl (C=O) groups is 2. The number of aromatic nitrogens is 1. The molecule has 0 atom stereocenters. The van der Waals surface area contributed by atoms with Crippen molar-refractivity contribution in [3.8, 4) is 0 Å². The lowest BCUT2D eigenvalue weighted by atomic mass is 10.1. The molecule has 0 saturated carbocycles. The van der Waals surface area contributed by atoms with E-state index in [2.05, 4.69) is 4.98 Å². The Balaban J connectivity index is 1.40. The third-order valence-electron chi connectivity index (χ3n) is 5.51. The number of nitrogens with zero attached hydrogens (tertiary/aromatic N) is 2. The summed E-state index contributed by atoms with van der Waals surface area (Å²) in [5, 5.41) is 1.03. The first-order valence-corrected chi connectivity index (χ1v) is 11.2. The highest BCUT2D eigenvalue weighted by molar-refractivity contribution is 7.89. The van der Waals surface area contributed by atoms with Gasteiger partial charge in [0.1, 0.15) is 0 Å². The average Bonchev–Trinajstić information content (AvgIpc) is 3.16. The smallest absolute Gasteiger partial charge is 0.243 e. The van der Waals surface area contributed by atoms with Gasteiger partial charge in [-0.25, -0.2) is 8.42 Å². The summed E-state index contributed by atoms with van der Waals surface area (Å²) in [6.45, 7) is 2.64. The zero-order valence-corrected chi connectivity index (χ0v) is 17.5. The van der Waals surface area contributed by atoms with Crippen LogP contribution in [-0.4, -0.2) is 60.5 Å². The molecule has 1 aliphatic heterocycles. The third-order valence-corrected chi connectivity index (χ3v) is 7.42. The highest BCUT2D eigenvalue weighted by Crippen LogP contribution is 2.21. The van der Waals surface area contributed by atoms with E-state index in [-0.39, 0.29) is 36.1 Å². The number of benzene rings is 2. The maximum absolute atomic E-state index is 12.9. The largest absolute Gasteiger partial charge is 0.361 e. The summed E-state index contributed by atoms with van der Waals surface area (Å²) in [7, 11) is -3.65. The summed E-state index contributed by atoms with van der Waals surface area (Å²) in [5.41, 5.74) is 2.41. The molecule has 0 unspecified atom stereocenters. The van der Waals surface area contributed by atoms with Crippen molar-refractivity contribution in [3.63, 3.8) is 0 Å². The molecule has 1 amide bonds. The van der Waals surface area contributed by atoms with Gasteiger partial charge in [0.2, 0.25) is 15.9 Å². The van der Waals surface area contributed by atoms with E-state index in [1.54, 1.807) is 4.90 Å². The SMILES string of the molecule is CC(=O)c1ccc(S(=O)(=O)N2CCN(C(=O)Cc3c[nH]c4ccccc34)CC2)cc1. The minimum absolute atomic E-state index is 0.0115. The fraction of sp³-hybridized carbons (Fsp3) is 0.273. The van der Waals surface area contributed by atoms with Crippen LogP contribution in [0.3, 0.4) is 0 Å². The molecule has 30 heavy (non-hydrogen) atoms. The van der Waals surface area contributed by atoms with Crippen molar-refractivity contribution in [2.24, 2.45) is 0 Å². The van der Waals surface area contributed by atoms with Crippen molar-refractivity contribution in [2.45, 2.75) is 18.2 Å². The number of rotatable bonds is 5. The summed E-state index contributed by atoms with van der Waals surface area (Å²) in [6, 6.07) is 13.8. The van der Waals surface area contributed by atoms with E-state index in [0.29, 0.717) is 18.7 Å². The molecule has 8 heteroatoms. The second-order valence-corrected chi connectivity index (χ2v) is 9.34. The number of Topliss-reactive ketones (excluding diaryl/α,β-unsaturated/α-hetero) is 1. The molecule has 0 aliphatic carbocycles. The van der Waals surface area contributed by atoms with Gasteiger partial charge in [-0.05, 0) is 30.7 Å². The van der Waals surface area contributed by atoms with Crippen LogP contribution in [0.2, 0.25) is 0 Å². The van der Waals surface area contributed by atoms with E-state index in [1.165, 1.54) is 35.5 Å². The van der Waals surface area contributed by atoms with E-state index in [0.717, 1.165) is 16.5 Å². The zero-order valence-electron chi connectivity index (χ0n) is 16.7. The number of nitrogens with one attached hydrogen (secondary N) is 1. The summed E-state index contributed by atoms with van der Waals surface area (Å²) >= 11 is 0. The van der Waals surface area contributed by atoms with Crippen LogP contribution in [0.4, 0.5) is 0 Å². The van der Waals surface area contributed by atoms with E-state index in [1.807, 2.05) is 30.5 Å². The van der Waals surface area contributed by atoms with E-state index >= 15 is 0 Å². The van der Waals surface area contributed by atoms with Crippen molar-refractivity contribution in [1.82, 2.24) is 14.2 Å². The number of hydrogen-bond donors (Lipinski definition) is 1. The number of fused-ring (bicyclic) bond motifs is 1. The van der Waals surface area contributed by atoms with Crippen LogP contribution in [0.1, 0.15) is 22.8 Å². The number of sulfonamides is 1. The predicted molar refractivity (Wildman–Crippen MR) is 114 cm³/mol. The lowest BCUT2D eigenvalue weighted by molar-refractivity contribution is -0.131. The molecular weight excluding hydrogens is 402 g/mol. The van der Waals surface area contributed by atoms with Crippen molar-refractivity contribution in [1.29, 1.82) is 0 Å². The van der Waals surface area contributed by atoms with Gasteiger partial charge in [-0.15, -0.1) is 0 Å². The quantitative estimate of drug-likeness (QED) is 0.636. The predicted octanol–water partition coefficient (Wildman–Crippen LogP) is 2.45. The maximum atomic E-state index is 12.9. The number of carbonyl (C=O) groups excluding carboxylic acids is 2. The van der Waals surface area contributed by atoms with Crippen LogP contribution < -0.4 is 0 Å². The average molecular weight is 426 g/mol. The van der Waals surface area contributed by atoms with Crippen molar-refractivity contribution >= 4 is 32.6 Å². The van der Waals surface area contributed by atoms with Gasteiger partial charge in [-0.1, -0.05) is 30.3 Å². The minimum atomic E-state index is -3.65. The Bertz CT molecular complexity index is 1190. The van der Waals surface area contributed by atoms with Crippen LogP contribution in [0.15, 0.2) is 59.6 Å². The van der Waals surface area contributed by atoms with Gasteiger partial charge in [0.05, 0.1) is 11.3 Å². The first-order chi connectivity index (χ1) is 14.4. The number of piperazine rings is 1. The van der Waals surface area contributed by atoms with Gasteiger partial charge in [0, 0.05) is 48.8 Å². The summed E-state index contributed by atoms with van der Waals surface area (Å²) in [4.78, 5) is 29.2. The Hall–Kier alpha value is -2.97. The van der Waals surface area contributed by atoms with E-state index in [4.69, 9.17) is 0 Å². The molecule has 4 rings (SSSR count). The molecule has 1 saturated heterocycles. The van der Waals surface area contributed by atoms with Crippen LogP contribution >= 0.6 is 0 Å². The fourth-order valence-electron chi connectivity index (χ4n) is 3.74. The highest BCUT2D eigenvalue weighted by atomic mass is 32.2. The summed E-state index contributed by atoms with van der Waals surface area (Å²) in [5.74, 6) is -0.121. The molecule has 0 bridgehead atoms. The van der Waals surface area contributed by atoms with Crippen LogP contribution in [0.25, 0.3) is 10.9 Å². The molecule has 2 aromatic carbocycles. The molecular formula is C22H23N3O4S. The first-order valence-electron chi connectivity index (χ1n) is 9.80. The van der Waals surface area contributed by atoms with Crippen LogP contribution in [0, 0.1) is 0 Å². The molecule has 0 radical (unpaired) electrons. The van der Waals surface area contributed by atoms with Gasteiger partial charge in [-0.3, -0.25) is 9.59 Å². The molecule has 0 spiro atoms. The van der Waals surface area contributed by atoms with Gasteiger partial charge < -0.3 is 9.88 Å². The summed E-state index contributed by atoms with van der Waals surface area (Å²) < 4.78 is 27.2. The fourth-order valence-corrected chi connectivity index (χ4v) is 5.16. The Morgan fingerprint density at radius 3 is 2.30 bits per heavy atom. The molecule has 156 valence electrons. The van der Waals surface area contributed by atoms with Gasteiger partial charge in [-0.2, -0.15) is 4.31 Å². The van der Waals surface area contributed by atoms with E-state index in [9.17, 15) is 18.0 Å². The second-order valence-electron chi connectivity index (χ2n) is 7.40. The van der Waals surface area contributed by atoms with Crippen LogP contribution in [-0.2, 0) is 21.2 Å². The number of ketones is 1. The molecule has 1 aliphatic rings. The lowest BCUT2D eigenvalue weighted by Gasteiger charge is -2.34. The highest BCUT2D eigenvalue weighted by Gasteiger charge is 2.30. The van der Waals surface area contributed by atoms with Crippen LogP contribution in [0.5, 0.6) is 0 Å². The topological polar surface area (TPSA) is 90.6 Å². The van der Waals surface area contributed by atoms with Gasteiger partial charge in [0.15, 0.2) is 5.78 Å². The molecule has 2 heterocycles. The molecule has 7 nitrogen and oxygen atoms in total. The van der Waals surface area contributed by atoms with E-state index < -0.39 is 10.0 Å². The van der Waals surface area contributed by atoms with Crippen molar-refractivity contribution in [2.75, 3.05) is 26.2 Å². The number of aromatic amines is 1. The number of hydrogen-bond acceptors (Lipinski definition) is 4. The third kappa shape index (κ3) is 3.88. The Kier molecular flexibility index (Phi) is 5.44. The number of amides is 1. The first kappa shape index (κ1) is 20.3. The molecule has 1 aromatic heterocycles. The Morgan fingerprint density at radius 2 is 1.63 bits per heavy atom. The zero-order chi connectivity index (χ0) is 21.3. The van der Waals surface area contributed by atoms with Crippen molar-refractivity contribution in [3.05, 3.63) is 65.9 Å². The monoisotopic (exact) mass is 425 g/mol. The second kappa shape index (κ2) is 8.04. The lowest BCUT2D eigenvalue weighted by Crippen LogP contribution is -2.50. The van der Waals surface area contributed by atoms with Gasteiger partial charge >= 0.3 is 0 Å². The van der Waals surface area contributed by atoms with Gasteiger partial charge in [0.25, 0.3) is 0 Å². The Labute approximate surface area is 175 Å². The number of para-hydroxylation sites is 1. The minimum Gasteiger partial charge on any atom is -0.361 e. The standard InChI is InChI=1S/C22H23N3O4S/c1-16(26)17-6-8-19(9-7-17)30(28,29)25-12-10-24(11-13-25)22(27)14-18-15-23-21-5-3-2-4-20(18)21/h2-9,15,23H,10-14H2,1H3.